The van der Waals surface area contributed by atoms with Crippen LogP contribution in [0.15, 0.2) is 12.2 Å². The summed E-state index contributed by atoms with van der Waals surface area (Å²) in [5.74, 6) is 0. The Hall–Kier alpha value is -0.340. The third kappa shape index (κ3) is 1.10. The normalized spacial score (nSPS) is 39.1. The smallest absolute Gasteiger partial charge is 0.0688 e. The van der Waals surface area contributed by atoms with Gasteiger partial charge in [0.15, 0.2) is 0 Å². The fraction of sp³-hybridized carbons (Fsp3) is 0.833. The number of nitrogens with zero attached hydrogens (tertiary/aromatic N) is 1. The van der Waals surface area contributed by atoms with E-state index in [0.717, 1.165) is 25.9 Å². The maximum atomic E-state index is 9.80. The molecule has 2 fully saturated rings. The van der Waals surface area contributed by atoms with Crippen molar-refractivity contribution in [2.75, 3.05) is 13.1 Å². The van der Waals surface area contributed by atoms with Crippen LogP contribution in [0, 0.1) is 5.41 Å². The first-order valence-corrected chi connectivity index (χ1v) is 5.49. The number of aliphatic hydroxyl groups is 1. The predicted molar refractivity (Wildman–Crippen MR) is 58.1 cm³/mol. The van der Waals surface area contributed by atoms with Gasteiger partial charge in [0.05, 0.1) is 6.10 Å². The highest BCUT2D eigenvalue weighted by Crippen LogP contribution is 2.52. The minimum atomic E-state index is -0.161. The molecular weight excluding hydrogens is 174 g/mol. The zero-order chi connectivity index (χ0) is 10.6. The quantitative estimate of drug-likeness (QED) is 0.596. The average Bonchev–Trinajstić information content (AvgIpc) is 2.49. The molecule has 80 valence electrons. The summed E-state index contributed by atoms with van der Waals surface area (Å²) >= 11 is 0. The molecule has 2 heteroatoms. The largest absolute Gasteiger partial charge is 0.392 e. The highest BCUT2D eigenvalue weighted by atomic mass is 16.3. The number of hydrogen-bond donors (Lipinski definition) is 1. The zero-order valence-electron chi connectivity index (χ0n) is 9.51. The molecule has 0 aliphatic carbocycles. The summed E-state index contributed by atoms with van der Waals surface area (Å²) in [5, 5.41) is 9.80. The van der Waals surface area contributed by atoms with Gasteiger partial charge in [0.2, 0.25) is 0 Å². The lowest BCUT2D eigenvalue weighted by Gasteiger charge is -2.44. The summed E-state index contributed by atoms with van der Waals surface area (Å²) < 4.78 is 0. The van der Waals surface area contributed by atoms with Crippen molar-refractivity contribution in [1.29, 1.82) is 0 Å². The van der Waals surface area contributed by atoms with Gasteiger partial charge in [-0.05, 0) is 18.3 Å². The lowest BCUT2D eigenvalue weighted by atomic mass is 9.69. The second-order valence-electron chi connectivity index (χ2n) is 5.77. The van der Waals surface area contributed by atoms with Crippen molar-refractivity contribution < 1.29 is 5.11 Å². The molecule has 2 aliphatic heterocycles. The lowest BCUT2D eigenvalue weighted by Crippen LogP contribution is -2.50. The van der Waals surface area contributed by atoms with Gasteiger partial charge in [-0.3, -0.25) is 4.90 Å². The molecule has 2 saturated heterocycles. The molecule has 0 aromatic heterocycles. The van der Waals surface area contributed by atoms with E-state index in [1.807, 2.05) is 0 Å². The van der Waals surface area contributed by atoms with Crippen molar-refractivity contribution >= 4 is 0 Å². The van der Waals surface area contributed by atoms with Gasteiger partial charge in [-0.2, -0.15) is 0 Å². The van der Waals surface area contributed by atoms with Crippen molar-refractivity contribution in [3.63, 3.8) is 0 Å². The maximum Gasteiger partial charge on any atom is 0.0688 e. The summed E-state index contributed by atoms with van der Waals surface area (Å²) in [4.78, 5) is 2.43. The molecule has 0 amide bonds. The molecule has 2 aliphatic rings. The number of fused-ring (bicyclic) bond motifs is 1. The molecule has 0 aromatic rings. The first kappa shape index (κ1) is 10.2. The Morgan fingerprint density at radius 3 is 2.64 bits per heavy atom. The molecular formula is C12H21NO. The van der Waals surface area contributed by atoms with E-state index in [0.29, 0.717) is 0 Å². The van der Waals surface area contributed by atoms with E-state index < -0.39 is 0 Å². The summed E-state index contributed by atoms with van der Waals surface area (Å²) in [6.07, 6.45) is 1.81. The van der Waals surface area contributed by atoms with Gasteiger partial charge >= 0.3 is 0 Å². The summed E-state index contributed by atoms with van der Waals surface area (Å²) in [5.41, 5.74) is 1.56. The minimum absolute atomic E-state index is 0.0619. The van der Waals surface area contributed by atoms with Gasteiger partial charge in [0.25, 0.3) is 0 Å². The standard InChI is InChI=1S/C12H21NO/c1-9-5-6-13-8-10(14)7-12(9,13)11(2,3)4/h10,14H,1,5-8H2,2-4H3/t10-,12?/m1/s1. The van der Waals surface area contributed by atoms with Gasteiger partial charge < -0.3 is 5.11 Å². The lowest BCUT2D eigenvalue weighted by molar-refractivity contribution is 0.0924. The number of hydrogen-bond acceptors (Lipinski definition) is 2. The highest BCUT2D eigenvalue weighted by molar-refractivity contribution is 5.30. The molecule has 0 radical (unpaired) electrons. The molecule has 2 rings (SSSR count). The molecule has 0 aromatic carbocycles. The van der Waals surface area contributed by atoms with Crippen LogP contribution in [0.25, 0.3) is 0 Å². The monoisotopic (exact) mass is 195 g/mol. The second kappa shape index (κ2) is 2.83. The fourth-order valence-electron chi connectivity index (χ4n) is 3.38. The van der Waals surface area contributed by atoms with Crippen LogP contribution in [0.3, 0.4) is 0 Å². The molecule has 2 nitrogen and oxygen atoms in total. The van der Waals surface area contributed by atoms with Gasteiger partial charge in [-0.15, -0.1) is 0 Å². The number of aliphatic hydroxyl groups excluding tert-OH is 1. The van der Waals surface area contributed by atoms with E-state index in [2.05, 4.69) is 32.3 Å². The van der Waals surface area contributed by atoms with Crippen LogP contribution in [-0.4, -0.2) is 34.7 Å². The van der Waals surface area contributed by atoms with E-state index >= 15 is 0 Å². The maximum absolute atomic E-state index is 9.80. The summed E-state index contributed by atoms with van der Waals surface area (Å²) in [7, 11) is 0. The first-order valence-electron chi connectivity index (χ1n) is 5.49. The van der Waals surface area contributed by atoms with Crippen LogP contribution in [-0.2, 0) is 0 Å². The van der Waals surface area contributed by atoms with Crippen LogP contribution >= 0.6 is 0 Å². The number of rotatable bonds is 0. The first-order chi connectivity index (χ1) is 6.38. The van der Waals surface area contributed by atoms with Crippen LogP contribution < -0.4 is 0 Å². The molecule has 1 unspecified atom stereocenters. The van der Waals surface area contributed by atoms with E-state index in [9.17, 15) is 5.11 Å². The van der Waals surface area contributed by atoms with Gasteiger partial charge in [-0.1, -0.05) is 32.9 Å². The van der Waals surface area contributed by atoms with E-state index in [-0.39, 0.29) is 17.1 Å². The SMILES string of the molecule is C=C1CCN2C[C@H](O)CC12C(C)(C)C. The van der Waals surface area contributed by atoms with E-state index in [4.69, 9.17) is 0 Å². The Labute approximate surface area is 86.6 Å². The third-order valence-corrected chi connectivity index (χ3v) is 4.01. The van der Waals surface area contributed by atoms with E-state index in [1.165, 1.54) is 5.57 Å². The van der Waals surface area contributed by atoms with Crippen molar-refractivity contribution in [1.82, 2.24) is 4.90 Å². The zero-order valence-corrected chi connectivity index (χ0v) is 9.51. The summed E-state index contributed by atoms with van der Waals surface area (Å²) in [6, 6.07) is 0. The topological polar surface area (TPSA) is 23.5 Å². The molecule has 0 spiro atoms. The van der Waals surface area contributed by atoms with Gasteiger partial charge in [-0.25, -0.2) is 0 Å². The Bertz CT molecular complexity index is 266. The average molecular weight is 195 g/mol. The second-order valence-corrected chi connectivity index (χ2v) is 5.77. The van der Waals surface area contributed by atoms with Crippen molar-refractivity contribution in [3.8, 4) is 0 Å². The van der Waals surface area contributed by atoms with Crippen molar-refractivity contribution in [2.24, 2.45) is 5.41 Å². The van der Waals surface area contributed by atoms with Crippen molar-refractivity contribution in [2.45, 2.75) is 45.3 Å². The van der Waals surface area contributed by atoms with Gasteiger partial charge in [0, 0.05) is 18.6 Å². The minimum Gasteiger partial charge on any atom is -0.392 e. The van der Waals surface area contributed by atoms with E-state index in [1.54, 1.807) is 0 Å². The Morgan fingerprint density at radius 2 is 2.14 bits per heavy atom. The third-order valence-electron chi connectivity index (χ3n) is 4.01. The predicted octanol–water partition coefficient (Wildman–Crippen LogP) is 1.80. The molecule has 1 N–H and O–H groups in total. The van der Waals surface area contributed by atoms with Crippen LogP contribution in [0.2, 0.25) is 0 Å². The Kier molecular flexibility index (Phi) is 2.06. The molecule has 0 saturated carbocycles. The Balaban J connectivity index is 2.41. The highest BCUT2D eigenvalue weighted by Gasteiger charge is 2.56. The van der Waals surface area contributed by atoms with Gasteiger partial charge in [0.1, 0.15) is 0 Å². The molecule has 2 atom stereocenters. The number of β-amino-alcohol motifs (C(OH)–C–C–N with tert-alkyl or cyclic N) is 1. The van der Waals surface area contributed by atoms with Crippen LogP contribution in [0.1, 0.15) is 33.6 Å². The Morgan fingerprint density at radius 1 is 1.50 bits per heavy atom. The molecule has 2 heterocycles. The van der Waals surface area contributed by atoms with Crippen LogP contribution in [0.4, 0.5) is 0 Å². The fourth-order valence-corrected chi connectivity index (χ4v) is 3.38. The summed E-state index contributed by atoms with van der Waals surface area (Å²) in [6.45, 7) is 12.9. The van der Waals surface area contributed by atoms with Crippen molar-refractivity contribution in [3.05, 3.63) is 12.2 Å². The van der Waals surface area contributed by atoms with Crippen LogP contribution in [0.5, 0.6) is 0 Å². The molecule has 14 heavy (non-hydrogen) atoms. The molecule has 0 bridgehead atoms.